The molecule has 1 aromatic heterocycles. The molecule has 1 heterocycles. The number of nitrogens with zero attached hydrogens (tertiary/aromatic N) is 3. The number of fused-ring (bicyclic) bond motifs is 1. The summed E-state index contributed by atoms with van der Waals surface area (Å²) in [5.41, 5.74) is 0.391. The van der Waals surface area contributed by atoms with Crippen LogP contribution in [0.15, 0.2) is 33.7 Å². The molecule has 2 rings (SSSR count). The van der Waals surface area contributed by atoms with E-state index in [-0.39, 0.29) is 17.5 Å². The second kappa shape index (κ2) is 4.40. The van der Waals surface area contributed by atoms with Crippen LogP contribution in [0.25, 0.3) is 10.9 Å². The van der Waals surface area contributed by atoms with Gasteiger partial charge in [0.15, 0.2) is 0 Å². The van der Waals surface area contributed by atoms with E-state index in [2.05, 4.69) is 15.9 Å². The number of pyridine rings is 1. The Kier molecular flexibility index (Phi) is 2.95. The molecule has 5 heteroatoms. The predicted octanol–water partition coefficient (Wildman–Crippen LogP) is 2.16. The van der Waals surface area contributed by atoms with E-state index in [1.807, 2.05) is 12.1 Å². The van der Waals surface area contributed by atoms with Crippen LogP contribution in [0.3, 0.4) is 0 Å². The van der Waals surface area contributed by atoms with E-state index in [9.17, 15) is 4.79 Å². The van der Waals surface area contributed by atoms with Gasteiger partial charge in [0, 0.05) is 16.1 Å². The van der Waals surface area contributed by atoms with Crippen molar-refractivity contribution in [3.05, 3.63) is 44.7 Å². The summed E-state index contributed by atoms with van der Waals surface area (Å²) in [6.45, 7) is 0.104. The van der Waals surface area contributed by atoms with E-state index in [0.29, 0.717) is 10.9 Å². The van der Waals surface area contributed by atoms with Crippen molar-refractivity contribution in [1.82, 2.24) is 4.57 Å². The maximum Gasteiger partial charge on any atom is 0.207 e. The van der Waals surface area contributed by atoms with Gasteiger partial charge in [-0.2, -0.15) is 10.5 Å². The quantitative estimate of drug-likeness (QED) is 0.807. The molecule has 4 nitrogen and oxygen atoms in total. The molecular weight excluding hydrogens is 282 g/mol. The number of rotatable bonds is 1. The molecule has 0 atom stereocenters. The van der Waals surface area contributed by atoms with E-state index in [0.717, 1.165) is 4.47 Å². The van der Waals surface area contributed by atoms with Gasteiger partial charge in [0.2, 0.25) is 5.43 Å². The van der Waals surface area contributed by atoms with Crippen LogP contribution < -0.4 is 5.43 Å². The first kappa shape index (κ1) is 11.4. The molecular formula is C12H6BrN3O. The highest BCUT2D eigenvalue weighted by atomic mass is 79.9. The minimum atomic E-state index is -0.307. The van der Waals surface area contributed by atoms with E-state index >= 15 is 0 Å². The summed E-state index contributed by atoms with van der Waals surface area (Å²) in [4.78, 5) is 11.9. The fourth-order valence-electron chi connectivity index (χ4n) is 1.66. The summed E-state index contributed by atoms with van der Waals surface area (Å²) in [6, 6.07) is 9.05. The van der Waals surface area contributed by atoms with Gasteiger partial charge in [-0.3, -0.25) is 4.79 Å². The van der Waals surface area contributed by atoms with Crippen molar-refractivity contribution in [3.8, 4) is 12.1 Å². The highest BCUT2D eigenvalue weighted by molar-refractivity contribution is 9.10. The van der Waals surface area contributed by atoms with Crippen LogP contribution in [-0.2, 0) is 6.54 Å². The Bertz CT molecular complexity index is 734. The molecule has 2 aromatic rings. The minimum Gasteiger partial charge on any atom is -0.332 e. The lowest BCUT2D eigenvalue weighted by Crippen LogP contribution is -2.12. The Hall–Kier alpha value is -2.11. The van der Waals surface area contributed by atoms with Crippen molar-refractivity contribution in [1.29, 1.82) is 10.5 Å². The molecule has 17 heavy (non-hydrogen) atoms. The zero-order chi connectivity index (χ0) is 12.4. The molecule has 0 N–H and O–H groups in total. The van der Waals surface area contributed by atoms with Gasteiger partial charge in [0.25, 0.3) is 0 Å². The van der Waals surface area contributed by atoms with Crippen LogP contribution in [0.1, 0.15) is 5.56 Å². The van der Waals surface area contributed by atoms with E-state index in [1.54, 1.807) is 22.8 Å². The van der Waals surface area contributed by atoms with Crippen LogP contribution in [0, 0.1) is 22.7 Å². The standard InChI is InChI=1S/C12H6BrN3O/c13-9-1-2-11-10(5-9)12(17)8(6-15)7-16(11)4-3-14/h1-2,5,7H,4H2. The molecule has 0 unspecified atom stereocenters. The molecule has 1 aromatic carbocycles. The Balaban J connectivity index is 2.94. The Labute approximate surface area is 105 Å². The topological polar surface area (TPSA) is 69.6 Å². The summed E-state index contributed by atoms with van der Waals surface area (Å²) in [7, 11) is 0. The third-order valence-corrected chi connectivity index (χ3v) is 2.90. The molecule has 0 aliphatic rings. The Morgan fingerprint density at radius 2 is 2.12 bits per heavy atom. The summed E-state index contributed by atoms with van der Waals surface area (Å²) in [5.74, 6) is 0. The molecule has 0 bridgehead atoms. The zero-order valence-electron chi connectivity index (χ0n) is 8.64. The maximum absolute atomic E-state index is 11.9. The minimum absolute atomic E-state index is 0.0471. The van der Waals surface area contributed by atoms with Gasteiger partial charge in [0.1, 0.15) is 18.2 Å². The number of aromatic nitrogens is 1. The summed E-state index contributed by atoms with van der Waals surface area (Å²) in [5, 5.41) is 18.0. The van der Waals surface area contributed by atoms with Crippen LogP contribution in [-0.4, -0.2) is 4.57 Å². The maximum atomic E-state index is 11.9. The fourth-order valence-corrected chi connectivity index (χ4v) is 2.02. The monoisotopic (exact) mass is 287 g/mol. The first-order valence-electron chi connectivity index (χ1n) is 4.77. The number of halogens is 1. The Morgan fingerprint density at radius 3 is 2.76 bits per heavy atom. The SMILES string of the molecule is N#CCn1cc(C#N)c(=O)c2cc(Br)ccc21. The molecule has 0 spiro atoms. The van der Waals surface area contributed by atoms with Gasteiger partial charge >= 0.3 is 0 Å². The van der Waals surface area contributed by atoms with Gasteiger partial charge in [0.05, 0.1) is 11.6 Å². The van der Waals surface area contributed by atoms with Crippen molar-refractivity contribution >= 4 is 26.8 Å². The summed E-state index contributed by atoms with van der Waals surface area (Å²) >= 11 is 3.28. The third kappa shape index (κ3) is 1.93. The number of benzene rings is 1. The molecule has 0 saturated carbocycles. The molecule has 0 radical (unpaired) electrons. The molecule has 0 amide bonds. The second-order valence-corrected chi connectivity index (χ2v) is 4.35. The van der Waals surface area contributed by atoms with Crippen LogP contribution in [0.4, 0.5) is 0 Å². The van der Waals surface area contributed by atoms with Crippen LogP contribution in [0.2, 0.25) is 0 Å². The van der Waals surface area contributed by atoms with Gasteiger partial charge in [-0.1, -0.05) is 15.9 Å². The molecule has 0 saturated heterocycles. The van der Waals surface area contributed by atoms with Crippen molar-refractivity contribution < 1.29 is 0 Å². The Morgan fingerprint density at radius 1 is 1.35 bits per heavy atom. The van der Waals surface area contributed by atoms with Crippen molar-refractivity contribution in [2.45, 2.75) is 6.54 Å². The zero-order valence-corrected chi connectivity index (χ0v) is 10.2. The number of hydrogen-bond donors (Lipinski definition) is 0. The van der Waals surface area contributed by atoms with Gasteiger partial charge in [-0.15, -0.1) is 0 Å². The van der Waals surface area contributed by atoms with Crippen molar-refractivity contribution in [3.63, 3.8) is 0 Å². The molecule has 0 aliphatic heterocycles. The first-order chi connectivity index (χ1) is 8.17. The molecule has 0 fully saturated rings. The third-order valence-electron chi connectivity index (χ3n) is 2.40. The number of hydrogen-bond acceptors (Lipinski definition) is 3. The van der Waals surface area contributed by atoms with E-state index < -0.39 is 0 Å². The molecule has 0 aliphatic carbocycles. The predicted molar refractivity (Wildman–Crippen MR) is 66.2 cm³/mol. The van der Waals surface area contributed by atoms with E-state index in [4.69, 9.17) is 10.5 Å². The first-order valence-corrected chi connectivity index (χ1v) is 5.56. The highest BCUT2D eigenvalue weighted by Gasteiger charge is 2.08. The second-order valence-electron chi connectivity index (χ2n) is 3.43. The summed E-state index contributed by atoms with van der Waals surface area (Å²) < 4.78 is 2.36. The fraction of sp³-hybridized carbons (Fsp3) is 0.0833. The lowest BCUT2D eigenvalue weighted by molar-refractivity contribution is 0.858. The van der Waals surface area contributed by atoms with Gasteiger partial charge in [-0.05, 0) is 18.2 Å². The van der Waals surface area contributed by atoms with Gasteiger partial charge < -0.3 is 4.57 Å². The highest BCUT2D eigenvalue weighted by Crippen LogP contribution is 2.17. The largest absolute Gasteiger partial charge is 0.332 e. The summed E-state index contributed by atoms with van der Waals surface area (Å²) in [6.07, 6.45) is 1.42. The van der Waals surface area contributed by atoms with Crippen molar-refractivity contribution in [2.75, 3.05) is 0 Å². The lowest BCUT2D eigenvalue weighted by atomic mass is 10.1. The lowest BCUT2D eigenvalue weighted by Gasteiger charge is -2.07. The van der Waals surface area contributed by atoms with E-state index in [1.165, 1.54) is 6.20 Å². The normalized spacial score (nSPS) is 9.82. The number of nitriles is 2. The van der Waals surface area contributed by atoms with Gasteiger partial charge in [-0.25, -0.2) is 0 Å². The molecule has 82 valence electrons. The van der Waals surface area contributed by atoms with Crippen LogP contribution >= 0.6 is 15.9 Å². The smallest absolute Gasteiger partial charge is 0.207 e. The average Bonchev–Trinajstić information content (AvgIpc) is 2.33. The van der Waals surface area contributed by atoms with Crippen LogP contribution in [0.5, 0.6) is 0 Å². The van der Waals surface area contributed by atoms with Crippen molar-refractivity contribution in [2.24, 2.45) is 0 Å². The average molecular weight is 288 g/mol.